The van der Waals surface area contributed by atoms with Crippen molar-refractivity contribution < 1.29 is 4.74 Å². The second kappa shape index (κ2) is 7.77. The van der Waals surface area contributed by atoms with E-state index in [1.807, 2.05) is 0 Å². The lowest BCUT2D eigenvalue weighted by Crippen LogP contribution is -2.25. The van der Waals surface area contributed by atoms with E-state index in [9.17, 15) is 0 Å². The number of rotatable bonds is 7. The van der Waals surface area contributed by atoms with E-state index < -0.39 is 0 Å². The minimum atomic E-state index is 0.282. The summed E-state index contributed by atoms with van der Waals surface area (Å²) in [5.41, 5.74) is 8.16. The maximum atomic E-state index is 5.65. The maximum Gasteiger partial charge on any atom is 0.0644 e. The van der Waals surface area contributed by atoms with Crippen LogP contribution < -0.4 is 10.6 Å². The van der Waals surface area contributed by atoms with Crippen molar-refractivity contribution in [2.75, 3.05) is 31.6 Å². The van der Waals surface area contributed by atoms with E-state index in [1.54, 1.807) is 0 Å². The first-order chi connectivity index (χ1) is 8.54. The van der Waals surface area contributed by atoms with Gasteiger partial charge in [0.05, 0.1) is 12.7 Å². The molecule has 0 saturated heterocycles. The lowest BCUT2D eigenvalue weighted by molar-refractivity contribution is 0.0846. The standard InChI is InChI=1S/C14H23BrN2O/c1-11(2)18-9-8-17(3)14-10-13(15)5-4-12(14)6-7-16/h4-5,10-11H,6-9,16H2,1-3H3. The van der Waals surface area contributed by atoms with E-state index in [0.717, 1.165) is 24.0 Å². The van der Waals surface area contributed by atoms with E-state index in [0.29, 0.717) is 6.54 Å². The van der Waals surface area contributed by atoms with E-state index in [-0.39, 0.29) is 6.10 Å². The third-order valence-corrected chi connectivity index (χ3v) is 3.24. The van der Waals surface area contributed by atoms with Gasteiger partial charge in [0.1, 0.15) is 0 Å². The molecule has 0 heterocycles. The summed E-state index contributed by atoms with van der Waals surface area (Å²) < 4.78 is 6.68. The van der Waals surface area contributed by atoms with Crippen molar-refractivity contribution in [2.24, 2.45) is 5.73 Å². The molecule has 1 aromatic carbocycles. The summed E-state index contributed by atoms with van der Waals surface area (Å²) in [4.78, 5) is 2.22. The van der Waals surface area contributed by atoms with Gasteiger partial charge in [-0.05, 0) is 44.5 Å². The number of nitrogens with zero attached hydrogens (tertiary/aromatic N) is 1. The van der Waals surface area contributed by atoms with Crippen molar-refractivity contribution in [3.8, 4) is 0 Å². The van der Waals surface area contributed by atoms with Gasteiger partial charge in [-0.1, -0.05) is 22.0 Å². The van der Waals surface area contributed by atoms with Crippen LogP contribution in [0.3, 0.4) is 0 Å². The van der Waals surface area contributed by atoms with Gasteiger partial charge < -0.3 is 15.4 Å². The van der Waals surface area contributed by atoms with Gasteiger partial charge in [-0.2, -0.15) is 0 Å². The van der Waals surface area contributed by atoms with Gasteiger partial charge >= 0.3 is 0 Å². The van der Waals surface area contributed by atoms with E-state index >= 15 is 0 Å². The van der Waals surface area contributed by atoms with E-state index in [4.69, 9.17) is 10.5 Å². The van der Waals surface area contributed by atoms with E-state index in [2.05, 4.69) is 59.9 Å². The van der Waals surface area contributed by atoms with Crippen molar-refractivity contribution in [3.63, 3.8) is 0 Å². The average molecular weight is 315 g/mol. The zero-order valence-electron chi connectivity index (χ0n) is 11.4. The Morgan fingerprint density at radius 3 is 2.72 bits per heavy atom. The van der Waals surface area contributed by atoms with Gasteiger partial charge in [0.25, 0.3) is 0 Å². The minimum absolute atomic E-state index is 0.282. The molecule has 0 bridgehead atoms. The molecule has 0 aromatic heterocycles. The number of anilines is 1. The Morgan fingerprint density at radius 2 is 2.11 bits per heavy atom. The monoisotopic (exact) mass is 314 g/mol. The van der Waals surface area contributed by atoms with Crippen molar-refractivity contribution in [2.45, 2.75) is 26.4 Å². The third kappa shape index (κ3) is 4.96. The molecule has 0 aliphatic carbocycles. The molecule has 0 atom stereocenters. The van der Waals surface area contributed by atoms with Crippen LogP contribution in [0.5, 0.6) is 0 Å². The van der Waals surface area contributed by atoms with Crippen molar-refractivity contribution in [1.29, 1.82) is 0 Å². The van der Waals surface area contributed by atoms with Crippen LogP contribution in [0.1, 0.15) is 19.4 Å². The number of ether oxygens (including phenoxy) is 1. The Morgan fingerprint density at radius 1 is 1.39 bits per heavy atom. The summed E-state index contributed by atoms with van der Waals surface area (Å²) in [6, 6.07) is 6.33. The van der Waals surface area contributed by atoms with Crippen LogP contribution in [0.4, 0.5) is 5.69 Å². The van der Waals surface area contributed by atoms with Crippen LogP contribution in [0.15, 0.2) is 22.7 Å². The van der Waals surface area contributed by atoms with Crippen molar-refractivity contribution in [1.82, 2.24) is 0 Å². The Labute approximate surface area is 118 Å². The molecular formula is C14H23BrN2O. The predicted molar refractivity (Wildman–Crippen MR) is 81.3 cm³/mol. The van der Waals surface area contributed by atoms with Gasteiger partial charge in [0, 0.05) is 23.8 Å². The first kappa shape index (κ1) is 15.5. The first-order valence-corrected chi connectivity index (χ1v) is 7.15. The van der Waals surface area contributed by atoms with Crippen LogP contribution >= 0.6 is 15.9 Å². The second-order valence-electron chi connectivity index (χ2n) is 4.65. The molecule has 0 radical (unpaired) electrons. The molecule has 0 amide bonds. The average Bonchev–Trinajstić information content (AvgIpc) is 2.31. The van der Waals surface area contributed by atoms with Gasteiger partial charge in [-0.25, -0.2) is 0 Å². The van der Waals surface area contributed by atoms with Crippen LogP contribution in [0.2, 0.25) is 0 Å². The summed E-state index contributed by atoms with van der Waals surface area (Å²) >= 11 is 3.52. The fourth-order valence-corrected chi connectivity index (χ4v) is 2.15. The highest BCUT2D eigenvalue weighted by Gasteiger charge is 2.08. The van der Waals surface area contributed by atoms with Gasteiger partial charge in [-0.15, -0.1) is 0 Å². The summed E-state index contributed by atoms with van der Waals surface area (Å²) in [5.74, 6) is 0. The molecule has 0 saturated carbocycles. The molecule has 1 rings (SSSR count). The Bertz CT molecular complexity index is 369. The number of benzene rings is 1. The van der Waals surface area contributed by atoms with Crippen LogP contribution in [-0.2, 0) is 11.2 Å². The fraction of sp³-hybridized carbons (Fsp3) is 0.571. The highest BCUT2D eigenvalue weighted by Crippen LogP contribution is 2.24. The Hall–Kier alpha value is -0.580. The van der Waals surface area contributed by atoms with Gasteiger partial charge in [-0.3, -0.25) is 0 Å². The molecule has 0 unspecified atom stereocenters. The zero-order chi connectivity index (χ0) is 13.5. The largest absolute Gasteiger partial charge is 0.377 e. The van der Waals surface area contributed by atoms with Crippen LogP contribution in [-0.4, -0.2) is 32.8 Å². The number of hydrogen-bond donors (Lipinski definition) is 1. The lowest BCUT2D eigenvalue weighted by atomic mass is 10.1. The summed E-state index contributed by atoms with van der Waals surface area (Å²) in [6.07, 6.45) is 1.18. The summed E-state index contributed by atoms with van der Waals surface area (Å²) in [5, 5.41) is 0. The van der Waals surface area contributed by atoms with Gasteiger partial charge in [0.2, 0.25) is 0 Å². The number of hydrogen-bond acceptors (Lipinski definition) is 3. The minimum Gasteiger partial charge on any atom is -0.377 e. The van der Waals surface area contributed by atoms with Crippen LogP contribution in [0.25, 0.3) is 0 Å². The highest BCUT2D eigenvalue weighted by molar-refractivity contribution is 9.10. The Balaban J connectivity index is 2.70. The van der Waals surface area contributed by atoms with Crippen LogP contribution in [0, 0.1) is 0 Å². The smallest absolute Gasteiger partial charge is 0.0644 e. The number of nitrogens with two attached hydrogens (primary N) is 1. The third-order valence-electron chi connectivity index (χ3n) is 2.75. The fourth-order valence-electron chi connectivity index (χ4n) is 1.81. The SMILES string of the molecule is CC(C)OCCN(C)c1cc(Br)ccc1CCN. The molecule has 0 aliphatic heterocycles. The second-order valence-corrected chi connectivity index (χ2v) is 5.57. The molecular weight excluding hydrogens is 292 g/mol. The zero-order valence-corrected chi connectivity index (χ0v) is 13.0. The predicted octanol–water partition coefficient (Wildman–Crippen LogP) is 2.81. The first-order valence-electron chi connectivity index (χ1n) is 6.35. The molecule has 0 aliphatic rings. The summed E-state index contributed by atoms with van der Waals surface area (Å²) in [6.45, 7) is 6.40. The molecule has 1 aromatic rings. The highest BCUT2D eigenvalue weighted by atomic mass is 79.9. The normalized spacial score (nSPS) is 11.0. The maximum absolute atomic E-state index is 5.65. The summed E-state index contributed by atoms with van der Waals surface area (Å²) in [7, 11) is 2.09. The van der Waals surface area contributed by atoms with E-state index in [1.165, 1.54) is 11.3 Å². The molecule has 2 N–H and O–H groups in total. The molecule has 102 valence electrons. The number of halogens is 1. The Kier molecular flexibility index (Phi) is 6.68. The molecule has 18 heavy (non-hydrogen) atoms. The molecule has 3 nitrogen and oxygen atoms in total. The lowest BCUT2D eigenvalue weighted by Gasteiger charge is -2.23. The molecule has 0 fully saturated rings. The van der Waals surface area contributed by atoms with Crippen molar-refractivity contribution >= 4 is 21.6 Å². The quantitative estimate of drug-likeness (QED) is 0.841. The number of likely N-dealkylation sites (N-methyl/N-ethyl adjacent to an activating group) is 1. The van der Waals surface area contributed by atoms with Crippen molar-refractivity contribution in [3.05, 3.63) is 28.2 Å². The molecule has 4 heteroatoms. The molecule has 0 spiro atoms. The van der Waals surface area contributed by atoms with Gasteiger partial charge in [0.15, 0.2) is 0 Å². The topological polar surface area (TPSA) is 38.5 Å².